The Bertz CT molecular complexity index is 1350. The van der Waals surface area contributed by atoms with Crippen LogP contribution in [0.15, 0.2) is 64.0 Å². The molecule has 4 aromatic rings. The Morgan fingerprint density at radius 3 is 2.45 bits per heavy atom. The number of nitrogens with zero attached hydrogens (tertiary/aromatic N) is 1. The Morgan fingerprint density at radius 1 is 1.10 bits per heavy atom. The van der Waals surface area contributed by atoms with E-state index in [1.165, 1.54) is 16.5 Å². The average Bonchev–Trinajstić information content (AvgIpc) is 3.04. The van der Waals surface area contributed by atoms with E-state index in [9.17, 15) is 17.8 Å². The number of hydrogen-bond acceptors (Lipinski definition) is 7. The Balaban J connectivity index is 0.000000353. The molecule has 0 radical (unpaired) electrons. The number of fused-ring (bicyclic) bond motifs is 2. The summed E-state index contributed by atoms with van der Waals surface area (Å²) in [6, 6.07) is 15.5. The number of benzene rings is 2. The number of aromatic nitrogens is 1. The van der Waals surface area contributed by atoms with E-state index in [1.807, 2.05) is 43.5 Å². The molecule has 0 aliphatic carbocycles. The Kier molecular flexibility index (Phi) is 6.23. The number of thiazole rings is 1. The van der Waals surface area contributed by atoms with Gasteiger partial charge in [-0.1, -0.05) is 35.6 Å². The summed E-state index contributed by atoms with van der Waals surface area (Å²) in [7, 11) is -1.58. The highest BCUT2D eigenvalue weighted by molar-refractivity contribution is 7.80. The predicted octanol–water partition coefficient (Wildman–Crippen LogP) is 3.10. The second-order valence-electron chi connectivity index (χ2n) is 5.89. The summed E-state index contributed by atoms with van der Waals surface area (Å²) in [5, 5.41) is 1.69. The normalized spacial score (nSPS) is 11.7. The Morgan fingerprint density at radius 2 is 1.76 bits per heavy atom. The second kappa shape index (κ2) is 8.66. The van der Waals surface area contributed by atoms with Crippen LogP contribution in [-0.4, -0.2) is 20.1 Å². The molecule has 0 aliphatic rings. The fourth-order valence-electron chi connectivity index (χ4n) is 2.64. The van der Waals surface area contributed by atoms with Gasteiger partial charge in [0, 0.05) is 12.1 Å². The summed E-state index contributed by atoms with van der Waals surface area (Å²) in [6.07, 6.45) is 5.31. The molecule has 0 saturated carbocycles. The number of para-hydroxylation sites is 2. The maximum Gasteiger partial charge on any atom is 0.262 e. The molecule has 0 N–H and O–H groups in total. The lowest BCUT2D eigenvalue weighted by Gasteiger charge is -1.98. The van der Waals surface area contributed by atoms with Crippen LogP contribution in [0.2, 0.25) is 0 Å². The van der Waals surface area contributed by atoms with E-state index in [0.29, 0.717) is 16.5 Å². The minimum atomic E-state index is -4.41. The zero-order valence-corrected chi connectivity index (χ0v) is 17.2. The first kappa shape index (κ1) is 20.9. The van der Waals surface area contributed by atoms with E-state index in [2.05, 4.69) is 20.9 Å². The van der Waals surface area contributed by atoms with Gasteiger partial charge in [-0.25, -0.2) is 8.42 Å². The second-order valence-corrected chi connectivity index (χ2v) is 8.10. The molecule has 2 aromatic heterocycles. The van der Waals surface area contributed by atoms with E-state index >= 15 is 0 Å². The summed E-state index contributed by atoms with van der Waals surface area (Å²) in [5.41, 5.74) is 2.35. The van der Waals surface area contributed by atoms with Crippen LogP contribution in [0, 0.1) is 0 Å². The summed E-state index contributed by atoms with van der Waals surface area (Å²) in [5.74, 6) is 0. The van der Waals surface area contributed by atoms with Crippen LogP contribution in [0.4, 0.5) is 0 Å². The van der Waals surface area contributed by atoms with E-state index in [4.69, 9.17) is 4.42 Å². The van der Waals surface area contributed by atoms with Gasteiger partial charge in [0.05, 0.1) is 18.1 Å². The lowest BCUT2D eigenvalue weighted by molar-refractivity contribution is -0.642. The first-order valence-corrected chi connectivity index (χ1v) is 10.5. The third kappa shape index (κ3) is 4.96. The third-order valence-electron chi connectivity index (χ3n) is 4.09. The average molecular weight is 431 g/mol. The molecule has 0 bridgehead atoms. The maximum absolute atomic E-state index is 12.5. The summed E-state index contributed by atoms with van der Waals surface area (Å²) >= 11 is 1.70. The van der Waals surface area contributed by atoms with Gasteiger partial charge in [0.2, 0.25) is 15.9 Å². The lowest BCUT2D eigenvalue weighted by Crippen LogP contribution is -2.28. The van der Waals surface area contributed by atoms with Gasteiger partial charge < -0.3 is 8.97 Å². The lowest BCUT2D eigenvalue weighted by atomic mass is 10.1. The zero-order chi connectivity index (χ0) is 21.0. The molecule has 2 heterocycles. The molecule has 0 spiro atoms. The first-order chi connectivity index (χ1) is 13.8. The highest BCUT2D eigenvalue weighted by Crippen LogP contribution is 2.21. The van der Waals surface area contributed by atoms with Gasteiger partial charge in [-0.3, -0.25) is 8.98 Å². The van der Waals surface area contributed by atoms with Crippen molar-refractivity contribution in [2.75, 3.05) is 7.11 Å². The van der Waals surface area contributed by atoms with E-state index in [1.54, 1.807) is 23.5 Å². The van der Waals surface area contributed by atoms with Gasteiger partial charge in [-0.15, -0.1) is 0 Å². The highest BCUT2D eigenvalue weighted by Gasteiger charge is 2.13. The van der Waals surface area contributed by atoms with E-state index in [-0.39, 0.29) is 5.43 Å². The molecule has 0 amide bonds. The minimum absolute atomic E-state index is 0.00753. The van der Waals surface area contributed by atoms with Crippen LogP contribution in [0.5, 0.6) is 0 Å². The van der Waals surface area contributed by atoms with Crippen molar-refractivity contribution in [2.45, 2.75) is 0 Å². The molecule has 0 aliphatic heterocycles. The fraction of sp³-hybridized carbons (Fsp3) is 0.100. The topological polar surface area (TPSA) is 101 Å². The molecular weight excluding hydrogens is 414 g/mol. The number of hydrogen-bond donors (Lipinski definition) is 0. The monoisotopic (exact) mass is 431 g/mol. The van der Waals surface area contributed by atoms with Crippen LogP contribution in [0.1, 0.15) is 10.6 Å². The molecule has 150 valence electrons. The van der Waals surface area contributed by atoms with Crippen LogP contribution in [-0.2, 0) is 21.6 Å². The van der Waals surface area contributed by atoms with Gasteiger partial charge in [0.1, 0.15) is 23.6 Å². The quantitative estimate of drug-likeness (QED) is 0.281. The van der Waals surface area contributed by atoms with Crippen molar-refractivity contribution in [3.63, 3.8) is 0 Å². The van der Waals surface area contributed by atoms with Crippen molar-refractivity contribution in [1.82, 2.24) is 0 Å². The number of rotatable bonds is 3. The molecule has 7 nitrogen and oxygen atoms in total. The summed E-state index contributed by atoms with van der Waals surface area (Å²) in [4.78, 5) is 12.5. The standard InChI is InChI=1S/C19H14NO2S.CH4O4S/c1-20-15-7-3-5-9-17(15)23-18(20)11-10-13-12-22-16-8-4-2-6-14(16)19(13)21;1-5-6(2,3)4/h2-12H,1H3;1H3,(H,2,3,4)/q+1;/p-1/b11-10+;. The Labute approximate surface area is 171 Å². The number of aryl methyl sites for hydroxylation is 1. The maximum atomic E-state index is 12.5. The van der Waals surface area contributed by atoms with Gasteiger partial charge in [-0.05, 0) is 24.3 Å². The van der Waals surface area contributed by atoms with Crippen molar-refractivity contribution in [2.24, 2.45) is 7.05 Å². The molecule has 9 heteroatoms. The molecule has 0 fully saturated rings. The van der Waals surface area contributed by atoms with Gasteiger partial charge in [0.25, 0.3) is 5.01 Å². The summed E-state index contributed by atoms with van der Waals surface area (Å²) < 4.78 is 39.9. The molecule has 0 atom stereocenters. The van der Waals surface area contributed by atoms with Gasteiger partial charge in [0.15, 0.2) is 5.43 Å². The molecule has 2 aromatic carbocycles. The van der Waals surface area contributed by atoms with Crippen LogP contribution in [0.25, 0.3) is 33.3 Å². The van der Waals surface area contributed by atoms with Crippen molar-refractivity contribution in [1.29, 1.82) is 0 Å². The third-order valence-corrected chi connectivity index (χ3v) is 5.68. The zero-order valence-electron chi connectivity index (χ0n) is 15.6. The van der Waals surface area contributed by atoms with Crippen molar-refractivity contribution >= 4 is 55.1 Å². The van der Waals surface area contributed by atoms with Gasteiger partial charge >= 0.3 is 0 Å². The van der Waals surface area contributed by atoms with E-state index in [0.717, 1.165) is 12.1 Å². The van der Waals surface area contributed by atoms with Crippen LogP contribution < -0.4 is 10.00 Å². The van der Waals surface area contributed by atoms with Gasteiger partial charge in [-0.2, -0.15) is 4.57 Å². The largest absolute Gasteiger partial charge is 0.726 e. The molecule has 0 saturated heterocycles. The first-order valence-electron chi connectivity index (χ1n) is 8.38. The van der Waals surface area contributed by atoms with Crippen molar-refractivity contribution in [3.8, 4) is 0 Å². The SMILES string of the molecule is COS(=O)(=O)[O-].C[n+]1c(/C=C/c2coc3ccccc3c2=O)sc2ccccc21. The smallest absolute Gasteiger partial charge is 0.262 e. The fourth-order valence-corrected chi connectivity index (χ4v) is 3.69. The van der Waals surface area contributed by atoms with Crippen molar-refractivity contribution < 1.29 is 26.1 Å². The van der Waals surface area contributed by atoms with Crippen LogP contribution >= 0.6 is 11.3 Å². The molecule has 4 rings (SSSR count). The van der Waals surface area contributed by atoms with Crippen molar-refractivity contribution in [3.05, 3.63) is 75.6 Å². The minimum Gasteiger partial charge on any atom is -0.726 e. The highest BCUT2D eigenvalue weighted by atomic mass is 32.3. The van der Waals surface area contributed by atoms with E-state index < -0.39 is 10.4 Å². The molecular formula is C20H17NO6S2. The Hall–Kier alpha value is -2.85. The summed E-state index contributed by atoms with van der Waals surface area (Å²) in [6.45, 7) is 0. The molecule has 29 heavy (non-hydrogen) atoms. The van der Waals surface area contributed by atoms with Crippen LogP contribution in [0.3, 0.4) is 0 Å². The molecule has 0 unspecified atom stereocenters. The predicted molar refractivity (Wildman–Crippen MR) is 111 cm³/mol.